The molecule has 2 heterocycles. The molecule has 0 radical (unpaired) electrons. The van der Waals surface area contributed by atoms with Crippen molar-refractivity contribution in [2.75, 3.05) is 39.3 Å². The quantitative estimate of drug-likeness (QED) is 0.790. The van der Waals surface area contributed by atoms with Crippen molar-refractivity contribution in [3.05, 3.63) is 35.9 Å². The molecule has 6 heteroatoms. The Morgan fingerprint density at radius 2 is 1.81 bits per heavy atom. The van der Waals surface area contributed by atoms with Gasteiger partial charge in [-0.25, -0.2) is 0 Å². The summed E-state index contributed by atoms with van der Waals surface area (Å²) in [5.74, 6) is 0.0290. The van der Waals surface area contributed by atoms with E-state index in [9.17, 15) is 9.59 Å². The summed E-state index contributed by atoms with van der Waals surface area (Å²) >= 11 is 0. The second-order valence-electron chi connectivity index (χ2n) is 7.79. The summed E-state index contributed by atoms with van der Waals surface area (Å²) < 4.78 is 5.86. The van der Waals surface area contributed by atoms with Crippen molar-refractivity contribution in [2.24, 2.45) is 0 Å². The van der Waals surface area contributed by atoms with Crippen LogP contribution in [0.5, 0.6) is 0 Å². The van der Waals surface area contributed by atoms with Gasteiger partial charge >= 0.3 is 0 Å². The topological polar surface area (TPSA) is 53.1 Å². The lowest BCUT2D eigenvalue weighted by Crippen LogP contribution is -2.58. The first-order chi connectivity index (χ1) is 13.2. The normalized spacial score (nSPS) is 27.1. The highest BCUT2D eigenvalue weighted by Crippen LogP contribution is 2.40. The van der Waals surface area contributed by atoms with Crippen molar-refractivity contribution >= 4 is 11.8 Å². The molecule has 1 aromatic carbocycles. The average molecular weight is 371 g/mol. The monoisotopic (exact) mass is 371 g/mol. The Morgan fingerprint density at radius 1 is 1.11 bits per heavy atom. The summed E-state index contributed by atoms with van der Waals surface area (Å²) in [6.45, 7) is 6.56. The minimum atomic E-state index is -0.608. The van der Waals surface area contributed by atoms with E-state index in [0.717, 1.165) is 57.5 Å². The van der Waals surface area contributed by atoms with Crippen LogP contribution in [0.1, 0.15) is 37.8 Å². The van der Waals surface area contributed by atoms with Gasteiger partial charge in [0.2, 0.25) is 5.91 Å². The number of amides is 2. The number of hydrogen-bond acceptors (Lipinski definition) is 4. The molecule has 3 fully saturated rings. The van der Waals surface area contributed by atoms with Crippen molar-refractivity contribution in [2.45, 2.75) is 44.4 Å². The second-order valence-corrected chi connectivity index (χ2v) is 7.79. The van der Waals surface area contributed by atoms with Crippen LogP contribution in [-0.2, 0) is 14.3 Å². The van der Waals surface area contributed by atoms with Crippen LogP contribution in [0.4, 0.5) is 0 Å². The number of ether oxygens (including phenoxy) is 1. The molecule has 2 atom stereocenters. The first-order valence-corrected chi connectivity index (χ1v) is 10.2. The molecule has 1 aromatic rings. The van der Waals surface area contributed by atoms with Gasteiger partial charge < -0.3 is 14.5 Å². The molecular formula is C21H29N3O3. The van der Waals surface area contributed by atoms with Crippen molar-refractivity contribution < 1.29 is 14.3 Å². The number of carbonyl (C=O) groups excluding carboxylic acids is 2. The van der Waals surface area contributed by atoms with Crippen LogP contribution in [0.25, 0.3) is 0 Å². The molecule has 27 heavy (non-hydrogen) atoms. The number of nitrogens with zero attached hydrogens (tertiary/aromatic N) is 3. The zero-order chi connectivity index (χ0) is 18.8. The van der Waals surface area contributed by atoms with Gasteiger partial charge in [0.1, 0.15) is 6.61 Å². The third-order valence-corrected chi connectivity index (χ3v) is 5.81. The summed E-state index contributed by atoms with van der Waals surface area (Å²) in [4.78, 5) is 32.2. The van der Waals surface area contributed by atoms with Gasteiger partial charge in [-0.2, -0.15) is 0 Å². The molecule has 2 amide bonds. The Balaban J connectivity index is 1.54. The number of hydrogen-bond donors (Lipinski definition) is 0. The molecule has 0 unspecified atom stereocenters. The number of piperazine rings is 1. The Labute approximate surface area is 161 Å². The summed E-state index contributed by atoms with van der Waals surface area (Å²) in [5.41, 5.74) is 0.986. The molecule has 2 saturated heterocycles. The van der Waals surface area contributed by atoms with Crippen LogP contribution in [0.2, 0.25) is 0 Å². The van der Waals surface area contributed by atoms with Crippen molar-refractivity contribution in [1.82, 2.24) is 14.7 Å². The van der Waals surface area contributed by atoms with Crippen LogP contribution < -0.4 is 0 Å². The maximum atomic E-state index is 13.3. The zero-order valence-electron chi connectivity index (χ0n) is 16.0. The van der Waals surface area contributed by atoms with Gasteiger partial charge in [0.25, 0.3) is 5.91 Å². The van der Waals surface area contributed by atoms with Crippen molar-refractivity contribution in [3.8, 4) is 0 Å². The lowest BCUT2D eigenvalue weighted by atomic mass is 9.96. The molecule has 6 nitrogen and oxygen atoms in total. The van der Waals surface area contributed by atoms with Gasteiger partial charge in [0.05, 0.1) is 6.04 Å². The number of carbonyl (C=O) groups is 2. The fraction of sp³-hybridized carbons (Fsp3) is 0.619. The van der Waals surface area contributed by atoms with Gasteiger partial charge in [-0.15, -0.1) is 0 Å². The second kappa shape index (κ2) is 7.98. The van der Waals surface area contributed by atoms with E-state index in [0.29, 0.717) is 0 Å². The third kappa shape index (κ3) is 3.87. The molecule has 3 aliphatic rings. The van der Waals surface area contributed by atoms with Crippen molar-refractivity contribution in [3.63, 3.8) is 0 Å². The molecule has 1 saturated carbocycles. The van der Waals surface area contributed by atoms with Crippen LogP contribution in [0.3, 0.4) is 0 Å². The fourth-order valence-electron chi connectivity index (χ4n) is 4.29. The highest BCUT2D eigenvalue weighted by molar-refractivity contribution is 5.87. The van der Waals surface area contributed by atoms with E-state index in [1.54, 1.807) is 0 Å². The van der Waals surface area contributed by atoms with E-state index >= 15 is 0 Å². The van der Waals surface area contributed by atoms with Crippen LogP contribution in [-0.4, -0.2) is 78.0 Å². The Hall–Kier alpha value is -1.92. The average Bonchev–Trinajstić information content (AvgIpc) is 3.54. The first-order valence-electron chi connectivity index (χ1n) is 10.2. The van der Waals surface area contributed by atoms with E-state index in [4.69, 9.17) is 4.74 Å². The van der Waals surface area contributed by atoms with Crippen LogP contribution in [0.15, 0.2) is 30.3 Å². The van der Waals surface area contributed by atoms with Gasteiger partial charge in [-0.3, -0.25) is 14.5 Å². The molecule has 146 valence electrons. The highest BCUT2D eigenvalue weighted by atomic mass is 16.5. The third-order valence-electron chi connectivity index (χ3n) is 5.81. The van der Waals surface area contributed by atoms with Crippen molar-refractivity contribution in [1.29, 1.82) is 0 Å². The molecule has 0 bridgehead atoms. The maximum absolute atomic E-state index is 13.3. The minimum absolute atomic E-state index is 0.00293. The first kappa shape index (κ1) is 18.4. The van der Waals surface area contributed by atoms with E-state index in [1.807, 2.05) is 40.1 Å². The predicted octanol–water partition coefficient (Wildman–Crippen LogP) is 1.67. The maximum Gasteiger partial charge on any atom is 0.254 e. The number of benzene rings is 1. The lowest BCUT2D eigenvalue weighted by molar-refractivity contribution is -0.171. The SMILES string of the molecule is CCCN1CCN(C(=O)[C@@H]2OCC(=O)N(C3CC3)[C@H]2c2ccccc2)CC1. The van der Waals surface area contributed by atoms with Gasteiger partial charge in [0.15, 0.2) is 6.10 Å². The van der Waals surface area contributed by atoms with E-state index in [1.165, 1.54) is 0 Å². The molecular weight excluding hydrogens is 342 g/mol. The molecule has 4 rings (SSSR count). The highest BCUT2D eigenvalue weighted by Gasteiger charge is 2.48. The van der Waals surface area contributed by atoms with Gasteiger partial charge in [0, 0.05) is 32.2 Å². The Kier molecular flexibility index (Phi) is 5.45. The fourth-order valence-corrected chi connectivity index (χ4v) is 4.29. The van der Waals surface area contributed by atoms with E-state index < -0.39 is 6.10 Å². The molecule has 0 N–H and O–H groups in total. The zero-order valence-corrected chi connectivity index (χ0v) is 16.0. The van der Waals surface area contributed by atoms with E-state index in [2.05, 4.69) is 11.8 Å². The molecule has 1 aliphatic carbocycles. The standard InChI is InChI=1S/C21H29N3O3/c1-2-10-22-11-13-23(14-12-22)21(26)20-19(16-6-4-3-5-7-16)24(17-8-9-17)18(25)15-27-20/h3-7,17,19-20H,2,8-15H2,1H3/t19-,20+/m0/s1. The largest absolute Gasteiger partial charge is 0.356 e. The van der Waals surface area contributed by atoms with E-state index in [-0.39, 0.29) is 30.5 Å². The summed E-state index contributed by atoms with van der Waals surface area (Å²) in [6, 6.07) is 9.82. The summed E-state index contributed by atoms with van der Waals surface area (Å²) in [6.07, 6.45) is 2.56. The summed E-state index contributed by atoms with van der Waals surface area (Å²) in [5, 5.41) is 0. The molecule has 2 aliphatic heterocycles. The molecule has 0 aromatic heterocycles. The summed E-state index contributed by atoms with van der Waals surface area (Å²) in [7, 11) is 0. The van der Waals surface area contributed by atoms with Crippen LogP contribution >= 0.6 is 0 Å². The predicted molar refractivity (Wildman–Crippen MR) is 102 cm³/mol. The number of morpholine rings is 1. The molecule has 0 spiro atoms. The van der Waals surface area contributed by atoms with Crippen LogP contribution in [0, 0.1) is 0 Å². The Morgan fingerprint density at radius 3 is 2.44 bits per heavy atom. The minimum Gasteiger partial charge on any atom is -0.356 e. The van der Waals surface area contributed by atoms with Gasteiger partial charge in [-0.1, -0.05) is 37.3 Å². The lowest BCUT2D eigenvalue weighted by Gasteiger charge is -2.43. The Bertz CT molecular complexity index is 669. The smallest absolute Gasteiger partial charge is 0.254 e. The van der Waals surface area contributed by atoms with Gasteiger partial charge in [-0.05, 0) is 31.4 Å². The number of rotatable bonds is 5.